The quantitative estimate of drug-likeness (QED) is 0.773. The zero-order valence-electron chi connectivity index (χ0n) is 8.59. The third-order valence-electron chi connectivity index (χ3n) is 2.28. The Morgan fingerprint density at radius 2 is 2.07 bits per heavy atom. The molecule has 0 radical (unpaired) electrons. The Labute approximate surface area is 88.7 Å². The average Bonchev–Trinajstić information content (AvgIpc) is 2.26. The van der Waals surface area contributed by atoms with E-state index < -0.39 is 12.1 Å². The normalized spacial score (nSPS) is 12.1. The number of carbonyl (C=O) groups is 1. The van der Waals surface area contributed by atoms with Gasteiger partial charge in [0, 0.05) is 6.04 Å². The van der Waals surface area contributed by atoms with Gasteiger partial charge in [-0.25, -0.2) is 4.79 Å². The van der Waals surface area contributed by atoms with Crippen molar-refractivity contribution in [3.8, 4) is 0 Å². The van der Waals surface area contributed by atoms with Crippen LogP contribution in [0.2, 0.25) is 0 Å². The molecule has 0 aromatic heterocycles. The minimum atomic E-state index is -1.42. The molecule has 4 heteroatoms. The molecule has 1 aromatic rings. The first kappa shape index (κ1) is 11.5. The number of carboxylic acid groups (broad SMARTS) is 1. The zero-order valence-corrected chi connectivity index (χ0v) is 8.59. The van der Waals surface area contributed by atoms with Crippen LogP contribution in [-0.2, 0) is 6.42 Å². The van der Waals surface area contributed by atoms with Crippen LogP contribution in [0.1, 0.15) is 18.9 Å². The van der Waals surface area contributed by atoms with Gasteiger partial charge >= 0.3 is 6.09 Å². The summed E-state index contributed by atoms with van der Waals surface area (Å²) in [6.45, 7) is 1.62. The van der Waals surface area contributed by atoms with Crippen LogP contribution in [-0.4, -0.2) is 22.3 Å². The lowest BCUT2D eigenvalue weighted by atomic mass is 10.1. The number of hydrogen-bond donors (Lipinski definition) is 1. The Kier molecular flexibility index (Phi) is 4.12. The lowest BCUT2D eigenvalue weighted by Crippen LogP contribution is -2.32. The fourth-order valence-corrected chi connectivity index (χ4v) is 1.33. The van der Waals surface area contributed by atoms with Gasteiger partial charge < -0.3 is 15.4 Å². The second-order valence-electron chi connectivity index (χ2n) is 3.48. The molecule has 1 N–H and O–H groups in total. The van der Waals surface area contributed by atoms with E-state index in [-0.39, 0.29) is 5.06 Å². The van der Waals surface area contributed by atoms with E-state index in [1.54, 1.807) is 6.92 Å². The van der Waals surface area contributed by atoms with E-state index in [1.165, 1.54) is 0 Å². The predicted molar refractivity (Wildman–Crippen MR) is 57.5 cm³/mol. The number of aryl methyl sites for hydroxylation is 1. The molecule has 1 aromatic carbocycles. The zero-order chi connectivity index (χ0) is 11.3. The fourth-order valence-electron chi connectivity index (χ4n) is 1.33. The van der Waals surface area contributed by atoms with E-state index in [0.29, 0.717) is 12.8 Å². The maximum atomic E-state index is 11.0. The molecule has 1 unspecified atom stereocenters. The molecule has 4 nitrogen and oxygen atoms in total. The highest BCUT2D eigenvalue weighted by Gasteiger charge is 2.08. The highest BCUT2D eigenvalue weighted by atomic mass is 16.6. The topological polar surface area (TPSA) is 63.6 Å². The molecule has 0 heterocycles. The minimum absolute atomic E-state index is 0.100. The summed E-state index contributed by atoms with van der Waals surface area (Å²) in [5, 5.41) is 19.5. The summed E-state index contributed by atoms with van der Waals surface area (Å²) in [6, 6.07) is 9.19. The monoisotopic (exact) mass is 208 g/mol. The van der Waals surface area contributed by atoms with Crippen molar-refractivity contribution in [3.63, 3.8) is 0 Å². The van der Waals surface area contributed by atoms with E-state index in [1.807, 2.05) is 30.3 Å². The molecule has 1 atom stereocenters. The van der Waals surface area contributed by atoms with Gasteiger partial charge in [-0.15, -0.1) is 0 Å². The lowest BCUT2D eigenvalue weighted by Gasteiger charge is -2.31. The van der Waals surface area contributed by atoms with Gasteiger partial charge in [0.05, 0.1) is 0 Å². The van der Waals surface area contributed by atoms with Crippen molar-refractivity contribution >= 4 is 6.09 Å². The summed E-state index contributed by atoms with van der Waals surface area (Å²) in [7, 11) is 0. The summed E-state index contributed by atoms with van der Waals surface area (Å²) in [5.41, 5.74) is 1.11. The molecular formula is C11H14NO3-. The van der Waals surface area contributed by atoms with Gasteiger partial charge in [-0.1, -0.05) is 30.3 Å². The Morgan fingerprint density at radius 1 is 1.47 bits per heavy atom. The molecule has 1 amide bonds. The van der Waals surface area contributed by atoms with Gasteiger partial charge in [-0.3, -0.25) is 0 Å². The summed E-state index contributed by atoms with van der Waals surface area (Å²) in [5.74, 6) is 0. The summed E-state index contributed by atoms with van der Waals surface area (Å²) < 4.78 is 0. The largest absolute Gasteiger partial charge is 0.754 e. The molecule has 0 saturated heterocycles. The van der Waals surface area contributed by atoms with E-state index in [0.717, 1.165) is 5.56 Å². The van der Waals surface area contributed by atoms with Crippen LogP contribution in [0.25, 0.3) is 0 Å². The molecule has 0 aliphatic heterocycles. The first-order valence-corrected chi connectivity index (χ1v) is 4.84. The number of hydrogen-bond acceptors (Lipinski definition) is 2. The smallest absolute Gasteiger partial charge is 0.396 e. The molecular weight excluding hydrogens is 194 g/mol. The van der Waals surface area contributed by atoms with Crippen LogP contribution in [0, 0.1) is 5.21 Å². The van der Waals surface area contributed by atoms with Gasteiger partial charge in [0.2, 0.25) is 0 Å². The molecule has 0 fully saturated rings. The molecule has 0 saturated carbocycles. The van der Waals surface area contributed by atoms with Crippen molar-refractivity contribution in [2.24, 2.45) is 0 Å². The highest BCUT2D eigenvalue weighted by Crippen LogP contribution is 2.08. The van der Waals surface area contributed by atoms with Crippen molar-refractivity contribution in [2.75, 3.05) is 0 Å². The van der Waals surface area contributed by atoms with E-state index in [9.17, 15) is 10.0 Å². The van der Waals surface area contributed by atoms with Gasteiger partial charge in [0.25, 0.3) is 0 Å². The van der Waals surface area contributed by atoms with Crippen LogP contribution >= 0.6 is 0 Å². The fraction of sp³-hybridized carbons (Fsp3) is 0.364. The number of amides is 1. The Hall–Kier alpha value is -1.55. The molecule has 15 heavy (non-hydrogen) atoms. The predicted octanol–water partition coefficient (Wildman–Crippen LogP) is 2.49. The van der Waals surface area contributed by atoms with Gasteiger partial charge in [0.1, 0.15) is 0 Å². The van der Waals surface area contributed by atoms with Gasteiger partial charge in [0.15, 0.2) is 0 Å². The number of benzene rings is 1. The number of rotatable bonds is 4. The standard InChI is InChI=1S/C11H14NO3/c1-9(12(15)11(13)14)7-8-10-5-3-2-4-6-10/h2-6,9H,7-8H2,1H3,(H,13,14)/q-1. The first-order valence-electron chi connectivity index (χ1n) is 4.84. The molecule has 1 rings (SSSR count). The highest BCUT2D eigenvalue weighted by molar-refractivity contribution is 5.65. The van der Waals surface area contributed by atoms with Crippen molar-refractivity contribution in [1.82, 2.24) is 5.06 Å². The van der Waals surface area contributed by atoms with Crippen LogP contribution in [0.5, 0.6) is 0 Å². The minimum Gasteiger partial charge on any atom is -0.754 e. The van der Waals surface area contributed by atoms with Crippen LogP contribution in [0.4, 0.5) is 4.79 Å². The van der Waals surface area contributed by atoms with E-state index in [2.05, 4.69) is 0 Å². The van der Waals surface area contributed by atoms with Gasteiger partial charge in [-0.05, 0) is 25.3 Å². The van der Waals surface area contributed by atoms with E-state index >= 15 is 0 Å². The number of hydroxylamine groups is 2. The van der Waals surface area contributed by atoms with E-state index in [4.69, 9.17) is 5.11 Å². The number of nitrogens with zero attached hydrogens (tertiary/aromatic N) is 1. The van der Waals surface area contributed by atoms with Crippen molar-refractivity contribution in [2.45, 2.75) is 25.8 Å². The molecule has 82 valence electrons. The SMILES string of the molecule is CC(CCc1ccccc1)N([O-])C(=O)O. The summed E-state index contributed by atoms with van der Waals surface area (Å²) >= 11 is 0. The van der Waals surface area contributed by atoms with Crippen molar-refractivity contribution in [1.29, 1.82) is 0 Å². The summed E-state index contributed by atoms with van der Waals surface area (Å²) in [4.78, 5) is 10.4. The first-order chi connectivity index (χ1) is 7.11. The van der Waals surface area contributed by atoms with Gasteiger partial charge in [-0.2, -0.15) is 0 Å². The van der Waals surface area contributed by atoms with Crippen molar-refractivity contribution < 1.29 is 9.90 Å². The van der Waals surface area contributed by atoms with Crippen LogP contribution in [0.15, 0.2) is 30.3 Å². The molecule has 0 bridgehead atoms. The average molecular weight is 208 g/mol. The Balaban J connectivity index is 2.41. The third kappa shape index (κ3) is 3.59. The molecule has 0 aliphatic rings. The van der Waals surface area contributed by atoms with Crippen LogP contribution in [0.3, 0.4) is 0 Å². The third-order valence-corrected chi connectivity index (χ3v) is 2.28. The lowest BCUT2D eigenvalue weighted by molar-refractivity contribution is 0.149. The van der Waals surface area contributed by atoms with Crippen molar-refractivity contribution in [3.05, 3.63) is 41.1 Å². The van der Waals surface area contributed by atoms with Crippen LogP contribution < -0.4 is 0 Å². The molecule has 0 aliphatic carbocycles. The molecule has 0 spiro atoms. The second-order valence-corrected chi connectivity index (χ2v) is 3.48. The summed E-state index contributed by atoms with van der Waals surface area (Å²) in [6.07, 6.45) is -0.163. The Bertz CT molecular complexity index is 313. The maximum absolute atomic E-state index is 11.0. The second kappa shape index (κ2) is 5.36. The Morgan fingerprint density at radius 3 is 2.60 bits per heavy atom. The maximum Gasteiger partial charge on any atom is 0.396 e.